The number of nitrogens with zero attached hydrogens (tertiary/aromatic N) is 15. The Morgan fingerprint density at radius 1 is 0.678 bits per heavy atom. The van der Waals surface area contributed by atoms with E-state index in [1.807, 2.05) is 57.6 Å². The normalized spacial score (nSPS) is 21.3. The fourth-order valence-electron chi connectivity index (χ4n) is 9.45. The molecule has 3 saturated heterocycles. The third kappa shape index (κ3) is 18.0. The summed E-state index contributed by atoms with van der Waals surface area (Å²) < 4.78 is 48.9. The molecule has 6 aromatic rings. The van der Waals surface area contributed by atoms with E-state index in [0.29, 0.717) is 85.2 Å². The van der Waals surface area contributed by atoms with Crippen molar-refractivity contribution in [2.75, 3.05) is 59.2 Å². The van der Waals surface area contributed by atoms with E-state index in [-0.39, 0.29) is 64.6 Å². The van der Waals surface area contributed by atoms with Crippen molar-refractivity contribution < 1.29 is 47.3 Å². The third-order valence-electron chi connectivity index (χ3n) is 15.8. The van der Waals surface area contributed by atoms with Gasteiger partial charge in [-0.25, -0.2) is 54.1 Å². The van der Waals surface area contributed by atoms with Crippen LogP contribution in [0.4, 0.5) is 13.6 Å². The molecule has 4 unspecified atom stereocenters. The van der Waals surface area contributed by atoms with E-state index in [9.17, 15) is 28.3 Å². The zero-order chi connectivity index (χ0) is 63.7. The van der Waals surface area contributed by atoms with Crippen molar-refractivity contribution in [1.82, 2.24) is 73.2 Å². The minimum Gasteiger partial charge on any atom is -0.470 e. The van der Waals surface area contributed by atoms with Gasteiger partial charge in [-0.2, -0.15) is 4.98 Å². The van der Waals surface area contributed by atoms with Gasteiger partial charge in [0.15, 0.2) is 30.3 Å². The van der Waals surface area contributed by atoms with Crippen molar-refractivity contribution in [1.29, 1.82) is 0 Å². The lowest BCUT2D eigenvalue weighted by atomic mass is 10.1. The van der Waals surface area contributed by atoms with E-state index in [1.165, 1.54) is 17.1 Å². The molecular formula is C58H82Cl3F2N15O8Si. The molecule has 6 aromatic heterocycles. The van der Waals surface area contributed by atoms with Crippen LogP contribution >= 0.6 is 35.0 Å². The average molecular weight is 1290 g/mol. The highest BCUT2D eigenvalue weighted by Crippen LogP contribution is 2.40. The van der Waals surface area contributed by atoms with Crippen LogP contribution in [0.2, 0.25) is 23.3 Å². The first-order valence-electron chi connectivity index (χ1n) is 29.4. The largest absolute Gasteiger partial charge is 0.470 e. The van der Waals surface area contributed by atoms with E-state index < -0.39 is 39.5 Å². The number of halogens is 5. The van der Waals surface area contributed by atoms with E-state index in [4.69, 9.17) is 59.0 Å². The molecule has 3 aliphatic heterocycles. The predicted octanol–water partition coefficient (Wildman–Crippen LogP) is 9.26. The molecule has 476 valence electrons. The number of rotatable bonds is 13. The predicted molar refractivity (Wildman–Crippen MR) is 329 cm³/mol. The Bertz CT molecular complexity index is 3280. The lowest BCUT2D eigenvalue weighted by Gasteiger charge is -2.39. The minimum absolute atomic E-state index is 0.0264. The second-order valence-electron chi connectivity index (χ2n) is 24.8. The van der Waals surface area contributed by atoms with E-state index in [2.05, 4.69) is 78.7 Å². The van der Waals surface area contributed by atoms with Gasteiger partial charge in [0.2, 0.25) is 17.0 Å². The molecule has 0 bridgehead atoms. The van der Waals surface area contributed by atoms with Gasteiger partial charge < -0.3 is 43.0 Å². The Hall–Kier alpha value is -5.74. The highest BCUT2D eigenvalue weighted by molar-refractivity contribution is 6.74. The first-order valence-corrected chi connectivity index (χ1v) is 33.4. The first kappa shape index (κ1) is 68.7. The zero-order valence-corrected chi connectivity index (χ0v) is 54.9. The summed E-state index contributed by atoms with van der Waals surface area (Å²) in [5.74, 6) is 2.86. The maximum atomic E-state index is 13.7. The maximum absolute atomic E-state index is 13.7. The number of aromatic nitrogens is 12. The fourth-order valence-corrected chi connectivity index (χ4v) is 11.5. The zero-order valence-electron chi connectivity index (χ0n) is 51.6. The van der Waals surface area contributed by atoms with Gasteiger partial charge in [-0.15, -0.1) is 0 Å². The third-order valence-corrected chi connectivity index (χ3v) is 21.1. The Morgan fingerprint density at radius 3 is 1.62 bits per heavy atom. The van der Waals surface area contributed by atoms with E-state index in [0.717, 1.165) is 60.7 Å². The number of aryl methyl sites for hydroxylation is 4. The monoisotopic (exact) mass is 1290 g/mol. The van der Waals surface area contributed by atoms with Crippen LogP contribution in [0.3, 0.4) is 0 Å². The topological polar surface area (TPSA) is 268 Å². The summed E-state index contributed by atoms with van der Waals surface area (Å²) in [4.78, 5) is 81.0. The van der Waals surface area contributed by atoms with Crippen molar-refractivity contribution in [3.63, 3.8) is 0 Å². The second kappa shape index (κ2) is 29.7. The number of ether oxygens (including phenoxy) is 2. The number of alkyl halides is 2. The quantitative estimate of drug-likeness (QED) is 0.0472. The smallest absolute Gasteiger partial charge is 0.410 e. The van der Waals surface area contributed by atoms with Crippen LogP contribution in [0.1, 0.15) is 92.7 Å². The number of carbonyl (C=O) groups is 3. The number of carbonyl (C=O) groups excluding carboxylic acids is 3. The van der Waals surface area contributed by atoms with Gasteiger partial charge in [-0.05, 0) is 116 Å². The van der Waals surface area contributed by atoms with Gasteiger partial charge >= 0.3 is 6.09 Å². The lowest BCUT2D eigenvalue weighted by Crippen LogP contribution is -2.46. The molecule has 0 radical (unpaired) electrons. The van der Waals surface area contributed by atoms with Crippen LogP contribution in [0, 0.1) is 43.4 Å². The molecule has 2 aliphatic carbocycles. The Balaban J connectivity index is 0.000000170. The second-order valence-corrected chi connectivity index (χ2v) is 30.8. The number of hydrogen-bond acceptors (Lipinski definition) is 19. The van der Waals surface area contributed by atoms with Gasteiger partial charge in [0.1, 0.15) is 53.2 Å². The standard InChI is InChI=1S/C21H24FN7O2.C16H33NO4Si.C12H11ClN6.C5H9ClFNO.C4H5ClO/c1-3-29-18(15-7-23-12(2)24-8-15)27-17-19(29)25-11-26-20(17)31-16-10-28(9-14(16)6-22)21(30)13-4-5-13;1-15(2,3)20-14(19)17-9-12(11-18)13(10-17)21-22(7,8)16(4,5)6;1-3-19-11(8-4-14-7(2)15-5-8)18-9-10(13)16-6-17-12(9)19;6-8-2-4(1-7)5(9)3-8;5-4(6)3-1-2-3/h7-8,11,13-14,16H,3-6,9-10H2,1-2H3;12-13,18H,9-11H2,1-8H3;4-6H,3H2,1-2H3;4-5,9H,1-3H2;3H,1-2H2/t14-,16-;;;;/m1..../s1. The Labute approximate surface area is 522 Å². The highest BCUT2D eigenvalue weighted by Gasteiger charge is 2.46. The van der Waals surface area contributed by atoms with E-state index in [1.54, 1.807) is 34.6 Å². The lowest BCUT2D eigenvalue weighted by molar-refractivity contribution is -0.131. The summed E-state index contributed by atoms with van der Waals surface area (Å²) in [6.45, 7) is 27.1. The number of hydrogen-bond donors (Lipinski definition) is 2. The minimum atomic E-state index is -1.93. The summed E-state index contributed by atoms with van der Waals surface area (Å²) in [5.41, 5.74) is 3.54. The summed E-state index contributed by atoms with van der Waals surface area (Å²) in [6.07, 6.45) is 12.2. The number of likely N-dealkylation sites (tertiary alicyclic amines) is 2. The molecule has 9 heterocycles. The van der Waals surface area contributed by atoms with Crippen LogP contribution in [0.15, 0.2) is 37.4 Å². The number of aliphatic hydroxyl groups is 2. The molecule has 2 amide bonds. The van der Waals surface area contributed by atoms with Crippen LogP contribution in [-0.2, 0) is 31.8 Å². The van der Waals surface area contributed by atoms with Crippen molar-refractivity contribution in [3.8, 4) is 28.7 Å². The summed E-state index contributed by atoms with van der Waals surface area (Å²) in [7, 11) is -1.93. The van der Waals surface area contributed by atoms with Gasteiger partial charge in [-0.3, -0.25) is 18.4 Å². The number of fused-ring (bicyclic) bond motifs is 2. The number of β-amino-alcohol motifs (C(OH)–C–C–N with tert-alkyl or cyclic N) is 1. The summed E-state index contributed by atoms with van der Waals surface area (Å²) >= 11 is 16.6. The molecule has 2 saturated carbocycles. The van der Waals surface area contributed by atoms with Crippen LogP contribution < -0.4 is 4.74 Å². The summed E-state index contributed by atoms with van der Waals surface area (Å²) in [6, 6.07) is 0. The number of aliphatic hydroxyl groups excluding tert-OH is 2. The molecular weight excluding hydrogens is 1210 g/mol. The number of amides is 2. The number of imidazole rings is 2. The van der Waals surface area contributed by atoms with Crippen molar-refractivity contribution >= 4 is 82.9 Å². The van der Waals surface area contributed by atoms with Crippen molar-refractivity contribution in [2.45, 2.75) is 150 Å². The molecule has 5 fully saturated rings. The van der Waals surface area contributed by atoms with Gasteiger partial charge in [0.05, 0.1) is 49.8 Å². The van der Waals surface area contributed by atoms with Crippen LogP contribution in [0.25, 0.3) is 45.1 Å². The van der Waals surface area contributed by atoms with Crippen LogP contribution in [0.5, 0.6) is 5.88 Å². The molecule has 23 nitrogen and oxygen atoms in total. The van der Waals surface area contributed by atoms with Crippen molar-refractivity contribution in [3.05, 3.63) is 54.2 Å². The first-order chi connectivity index (χ1) is 41.1. The maximum Gasteiger partial charge on any atom is 0.410 e. The highest BCUT2D eigenvalue weighted by atomic mass is 35.5. The summed E-state index contributed by atoms with van der Waals surface area (Å²) in [5, 5.41) is 18.9. The molecule has 0 aromatic carbocycles. The molecule has 0 spiro atoms. The Morgan fingerprint density at radius 2 is 1.18 bits per heavy atom. The fraction of sp³-hybridized carbons (Fsp3) is 0.638. The van der Waals surface area contributed by atoms with Gasteiger partial charge in [0, 0.05) is 100 Å². The average Bonchev–Trinajstić information content (AvgIpc) is 2.71. The van der Waals surface area contributed by atoms with Crippen LogP contribution in [-0.4, -0.2) is 192 Å². The van der Waals surface area contributed by atoms with Crippen molar-refractivity contribution in [2.24, 2.45) is 29.6 Å². The molecule has 5 aliphatic rings. The molecule has 6 atom stereocenters. The molecule has 87 heavy (non-hydrogen) atoms. The SMILES string of the molecule is CC(C)(C)OC(=O)N1CC(CO)C(O[Si](C)(C)C(C)(C)C)C1.CCn1c(-c2cnc(C)nc2)nc2c(Cl)ncnc21.CCn1c(-c2cnc(C)nc2)nc2c(O[C@@H]3CN(C(=O)C4CC4)C[C@H]3CF)ncnc21.O=C(Cl)C1CC1.OC1CN(Cl)CC1CF. The Kier molecular flexibility index (Phi) is 23.5. The van der Waals surface area contributed by atoms with Gasteiger partial charge in [-0.1, -0.05) is 32.4 Å². The molecule has 29 heteroatoms. The van der Waals surface area contributed by atoms with E-state index >= 15 is 0 Å². The van der Waals surface area contributed by atoms with Gasteiger partial charge in [0.25, 0.3) is 0 Å². The molecule has 2 N–H and O–H groups in total. The molecule has 11 rings (SSSR count).